The van der Waals surface area contributed by atoms with E-state index in [0.717, 1.165) is 18.9 Å². The number of aromatic nitrogens is 2. The molecule has 0 radical (unpaired) electrons. The first kappa shape index (κ1) is 14.4. The molecule has 1 saturated heterocycles. The molecule has 6 nitrogen and oxygen atoms in total. The fourth-order valence-electron chi connectivity index (χ4n) is 2.14. The monoisotopic (exact) mass is 302 g/mol. The topological polar surface area (TPSA) is 67.4 Å². The Hall–Kier alpha value is -2.54. The summed E-state index contributed by atoms with van der Waals surface area (Å²) in [6.45, 7) is 2.84. The lowest BCUT2D eigenvalue weighted by atomic mass is 10.3. The third kappa shape index (κ3) is 3.37. The molecule has 1 N–H and O–H groups in total. The van der Waals surface area contributed by atoms with Crippen molar-refractivity contribution in [3.63, 3.8) is 0 Å². The fourth-order valence-corrected chi connectivity index (χ4v) is 2.14. The molecule has 0 atom stereocenters. The van der Waals surface area contributed by atoms with E-state index < -0.39 is 0 Å². The number of carbonyl (C=O) groups excluding carboxylic acids is 1. The minimum absolute atomic E-state index is 0.210. The second kappa shape index (κ2) is 6.48. The molecule has 1 aliphatic heterocycles. The Morgan fingerprint density at radius 3 is 2.45 bits per heavy atom. The lowest BCUT2D eigenvalue weighted by Gasteiger charge is -2.27. The number of carbonyl (C=O) groups is 1. The molecule has 0 spiro atoms. The van der Waals surface area contributed by atoms with Crippen LogP contribution in [-0.2, 0) is 4.74 Å². The molecule has 1 amide bonds. The standard InChI is InChI=1S/C15H15FN4O2/c16-11-1-3-12(4-2-11)17-15(21)13-5-6-14(19-18-13)20-7-9-22-10-8-20/h1-6H,7-10H2,(H,17,21). The quantitative estimate of drug-likeness (QED) is 0.935. The molecule has 7 heteroatoms. The van der Waals surface area contributed by atoms with Gasteiger partial charge in [0.05, 0.1) is 13.2 Å². The molecule has 1 aliphatic rings. The van der Waals surface area contributed by atoms with Crippen LogP contribution in [0.15, 0.2) is 36.4 Å². The van der Waals surface area contributed by atoms with Crippen molar-refractivity contribution in [1.29, 1.82) is 0 Å². The zero-order valence-electron chi connectivity index (χ0n) is 11.8. The van der Waals surface area contributed by atoms with E-state index >= 15 is 0 Å². The second-order valence-corrected chi connectivity index (χ2v) is 4.84. The predicted octanol–water partition coefficient (Wildman–Crippen LogP) is 1.70. The summed E-state index contributed by atoms with van der Waals surface area (Å²) in [6, 6.07) is 8.92. The summed E-state index contributed by atoms with van der Waals surface area (Å²) in [5.74, 6) is -0.0121. The Bertz CT molecular complexity index is 640. The number of nitrogens with zero attached hydrogens (tertiary/aromatic N) is 3. The Morgan fingerprint density at radius 2 is 1.82 bits per heavy atom. The van der Waals surface area contributed by atoms with Gasteiger partial charge in [-0.15, -0.1) is 10.2 Å². The van der Waals surface area contributed by atoms with Crippen LogP contribution >= 0.6 is 0 Å². The summed E-state index contributed by atoms with van der Waals surface area (Å²) in [5.41, 5.74) is 0.715. The third-order valence-corrected chi connectivity index (χ3v) is 3.32. The second-order valence-electron chi connectivity index (χ2n) is 4.84. The first-order chi connectivity index (χ1) is 10.7. The zero-order chi connectivity index (χ0) is 15.4. The third-order valence-electron chi connectivity index (χ3n) is 3.32. The number of morpholine rings is 1. The highest BCUT2D eigenvalue weighted by Crippen LogP contribution is 2.13. The molecule has 1 aromatic carbocycles. The van der Waals surface area contributed by atoms with Crippen LogP contribution in [-0.4, -0.2) is 42.4 Å². The maximum absolute atomic E-state index is 12.8. The number of nitrogens with one attached hydrogen (secondary N) is 1. The molecule has 2 aromatic rings. The Morgan fingerprint density at radius 1 is 1.09 bits per heavy atom. The average Bonchev–Trinajstić information content (AvgIpc) is 2.58. The van der Waals surface area contributed by atoms with E-state index in [9.17, 15) is 9.18 Å². The van der Waals surface area contributed by atoms with E-state index in [1.807, 2.05) is 0 Å². The van der Waals surface area contributed by atoms with Crippen molar-refractivity contribution in [2.75, 3.05) is 36.5 Å². The van der Waals surface area contributed by atoms with Gasteiger partial charge in [-0.25, -0.2) is 4.39 Å². The van der Waals surface area contributed by atoms with Crippen LogP contribution < -0.4 is 10.2 Å². The van der Waals surface area contributed by atoms with Gasteiger partial charge < -0.3 is 15.0 Å². The highest BCUT2D eigenvalue weighted by molar-refractivity contribution is 6.02. The lowest BCUT2D eigenvalue weighted by molar-refractivity contribution is 0.102. The minimum Gasteiger partial charge on any atom is -0.378 e. The molecule has 1 fully saturated rings. The maximum atomic E-state index is 12.8. The molecule has 0 saturated carbocycles. The van der Waals surface area contributed by atoms with Crippen molar-refractivity contribution < 1.29 is 13.9 Å². The van der Waals surface area contributed by atoms with Crippen molar-refractivity contribution in [1.82, 2.24) is 10.2 Å². The van der Waals surface area contributed by atoms with Crippen molar-refractivity contribution in [2.45, 2.75) is 0 Å². The lowest BCUT2D eigenvalue weighted by Crippen LogP contribution is -2.37. The molecule has 0 unspecified atom stereocenters. The molecule has 3 rings (SSSR count). The number of halogens is 1. The van der Waals surface area contributed by atoms with Gasteiger partial charge in [0.1, 0.15) is 5.82 Å². The highest BCUT2D eigenvalue weighted by atomic mass is 19.1. The number of rotatable bonds is 3. The number of hydrogen-bond acceptors (Lipinski definition) is 5. The fraction of sp³-hybridized carbons (Fsp3) is 0.267. The van der Waals surface area contributed by atoms with E-state index in [2.05, 4.69) is 20.4 Å². The highest BCUT2D eigenvalue weighted by Gasteiger charge is 2.14. The summed E-state index contributed by atoms with van der Waals surface area (Å²) >= 11 is 0. The smallest absolute Gasteiger partial charge is 0.276 e. The first-order valence-electron chi connectivity index (χ1n) is 6.96. The minimum atomic E-state index is -0.382. The molecular formula is C15H15FN4O2. The molecule has 114 valence electrons. The van der Waals surface area contributed by atoms with Crippen LogP contribution in [0.1, 0.15) is 10.5 Å². The van der Waals surface area contributed by atoms with E-state index in [4.69, 9.17) is 4.74 Å². The molecule has 22 heavy (non-hydrogen) atoms. The van der Waals surface area contributed by atoms with Crippen molar-refractivity contribution in [3.8, 4) is 0 Å². The Labute approximate surface area is 126 Å². The van der Waals surface area contributed by atoms with Crippen molar-refractivity contribution in [2.24, 2.45) is 0 Å². The van der Waals surface area contributed by atoms with Crippen LogP contribution in [0.4, 0.5) is 15.9 Å². The molecule has 1 aromatic heterocycles. The van der Waals surface area contributed by atoms with E-state index in [1.165, 1.54) is 24.3 Å². The maximum Gasteiger partial charge on any atom is 0.276 e. The zero-order valence-corrected chi connectivity index (χ0v) is 11.8. The molecule has 0 bridgehead atoms. The van der Waals surface area contributed by atoms with Crippen LogP contribution in [0.2, 0.25) is 0 Å². The van der Waals surface area contributed by atoms with Gasteiger partial charge in [0.2, 0.25) is 0 Å². The van der Waals surface area contributed by atoms with Gasteiger partial charge in [-0.1, -0.05) is 0 Å². The normalized spacial score (nSPS) is 14.7. The number of benzene rings is 1. The van der Waals surface area contributed by atoms with Gasteiger partial charge in [-0.2, -0.15) is 0 Å². The van der Waals surface area contributed by atoms with Gasteiger partial charge >= 0.3 is 0 Å². The number of ether oxygens (including phenoxy) is 1. The van der Waals surface area contributed by atoms with Gasteiger partial charge in [-0.05, 0) is 36.4 Å². The van der Waals surface area contributed by atoms with Crippen molar-refractivity contribution >= 4 is 17.4 Å². The van der Waals surface area contributed by atoms with Crippen LogP contribution in [0.25, 0.3) is 0 Å². The Kier molecular flexibility index (Phi) is 4.24. The molecule has 0 aliphatic carbocycles. The van der Waals surface area contributed by atoms with Gasteiger partial charge in [0.25, 0.3) is 5.91 Å². The van der Waals surface area contributed by atoms with Gasteiger partial charge in [0, 0.05) is 18.8 Å². The molecular weight excluding hydrogens is 287 g/mol. The van der Waals surface area contributed by atoms with Gasteiger partial charge in [0.15, 0.2) is 11.5 Å². The largest absolute Gasteiger partial charge is 0.378 e. The number of anilines is 2. The van der Waals surface area contributed by atoms with Crippen LogP contribution in [0.5, 0.6) is 0 Å². The number of amides is 1. The van der Waals surface area contributed by atoms with E-state index in [-0.39, 0.29) is 17.4 Å². The SMILES string of the molecule is O=C(Nc1ccc(F)cc1)c1ccc(N2CCOCC2)nn1. The molecule has 2 heterocycles. The van der Waals surface area contributed by atoms with Crippen LogP contribution in [0, 0.1) is 5.82 Å². The van der Waals surface area contributed by atoms with E-state index in [1.54, 1.807) is 12.1 Å². The number of hydrogen-bond donors (Lipinski definition) is 1. The predicted molar refractivity (Wildman–Crippen MR) is 79.4 cm³/mol. The summed E-state index contributed by atoms with van der Waals surface area (Å²) < 4.78 is 18.1. The average molecular weight is 302 g/mol. The van der Waals surface area contributed by atoms with Crippen molar-refractivity contribution in [3.05, 3.63) is 47.9 Å². The van der Waals surface area contributed by atoms with Crippen LogP contribution in [0.3, 0.4) is 0 Å². The van der Waals surface area contributed by atoms with E-state index in [0.29, 0.717) is 18.9 Å². The van der Waals surface area contributed by atoms with Gasteiger partial charge in [-0.3, -0.25) is 4.79 Å². The Balaban J connectivity index is 1.66. The summed E-state index contributed by atoms with van der Waals surface area (Å²) in [6.07, 6.45) is 0. The summed E-state index contributed by atoms with van der Waals surface area (Å²) in [7, 11) is 0. The summed E-state index contributed by atoms with van der Waals surface area (Å²) in [5, 5.41) is 10.7. The summed E-state index contributed by atoms with van der Waals surface area (Å²) in [4.78, 5) is 14.1. The first-order valence-corrected chi connectivity index (χ1v) is 6.96.